The molecule has 1 aromatic heterocycles. The maximum absolute atomic E-state index is 13.0. The Labute approximate surface area is 200 Å². The van der Waals surface area contributed by atoms with Crippen molar-refractivity contribution in [2.24, 2.45) is 0 Å². The molecule has 0 saturated carbocycles. The van der Waals surface area contributed by atoms with E-state index in [1.165, 1.54) is 4.90 Å². The van der Waals surface area contributed by atoms with Gasteiger partial charge in [0.2, 0.25) is 17.7 Å². The first-order chi connectivity index (χ1) is 15.7. The number of thiophene rings is 1. The van der Waals surface area contributed by atoms with Crippen LogP contribution in [-0.4, -0.2) is 73.7 Å². The third-order valence-corrected chi connectivity index (χ3v) is 9.78. The first-order valence-electron chi connectivity index (χ1n) is 10.8. The number of sulfonamides is 1. The molecule has 1 aromatic carbocycles. The number of fused-ring (bicyclic) bond motifs is 3. The van der Waals surface area contributed by atoms with Crippen molar-refractivity contribution in [1.82, 2.24) is 19.8 Å². The van der Waals surface area contributed by atoms with Crippen LogP contribution in [0.1, 0.15) is 25.7 Å². The number of nitrogens with zero attached hydrogens (tertiary/aromatic N) is 2. The Kier molecular flexibility index (Phi) is 5.84. The van der Waals surface area contributed by atoms with Crippen LogP contribution < -0.4 is 10.0 Å². The van der Waals surface area contributed by atoms with E-state index in [1.54, 1.807) is 29.2 Å². The number of hydrogen-bond acceptors (Lipinski definition) is 6. The molecule has 3 fully saturated rings. The van der Waals surface area contributed by atoms with Crippen molar-refractivity contribution in [3.05, 3.63) is 29.3 Å². The summed E-state index contributed by atoms with van der Waals surface area (Å²) >= 11 is 7.10. The largest absolute Gasteiger partial charge is 0.352 e. The molecular formula is C21H23ClN4O5S2. The van der Waals surface area contributed by atoms with Gasteiger partial charge in [0.05, 0.1) is 12.6 Å². The number of halogens is 1. The van der Waals surface area contributed by atoms with Crippen LogP contribution in [0.15, 0.2) is 28.5 Å². The molecule has 0 aliphatic carbocycles. The summed E-state index contributed by atoms with van der Waals surface area (Å²) in [6.07, 6.45) is 2.31. The molecular weight excluding hydrogens is 488 g/mol. The summed E-state index contributed by atoms with van der Waals surface area (Å²) in [7, 11) is -3.93. The van der Waals surface area contributed by atoms with Gasteiger partial charge in [0.15, 0.2) is 0 Å². The molecule has 9 nitrogen and oxygen atoms in total. The van der Waals surface area contributed by atoms with Crippen LogP contribution in [0.25, 0.3) is 10.1 Å². The predicted molar refractivity (Wildman–Crippen MR) is 123 cm³/mol. The number of benzene rings is 1. The Bertz CT molecular complexity index is 1250. The average Bonchev–Trinajstić information content (AvgIpc) is 3.34. The van der Waals surface area contributed by atoms with Crippen molar-refractivity contribution < 1.29 is 22.8 Å². The van der Waals surface area contributed by atoms with E-state index in [1.807, 2.05) is 0 Å². The second kappa shape index (κ2) is 8.53. The van der Waals surface area contributed by atoms with Crippen molar-refractivity contribution in [1.29, 1.82) is 0 Å². The Hall–Kier alpha value is -2.21. The van der Waals surface area contributed by atoms with Crippen LogP contribution in [0.4, 0.5) is 0 Å². The van der Waals surface area contributed by atoms with Crippen LogP contribution in [-0.2, 0) is 24.4 Å². The van der Waals surface area contributed by atoms with Gasteiger partial charge in [-0.15, -0.1) is 11.3 Å². The van der Waals surface area contributed by atoms with E-state index in [4.69, 9.17) is 11.6 Å². The van der Waals surface area contributed by atoms with Gasteiger partial charge < -0.3 is 15.1 Å². The van der Waals surface area contributed by atoms with Gasteiger partial charge in [-0.25, -0.2) is 8.42 Å². The first kappa shape index (κ1) is 22.6. The highest BCUT2D eigenvalue weighted by Crippen LogP contribution is 2.31. The van der Waals surface area contributed by atoms with Crippen LogP contribution in [0.2, 0.25) is 5.02 Å². The molecule has 3 aliphatic rings. The molecule has 5 rings (SSSR count). The topological polar surface area (TPSA) is 116 Å². The lowest BCUT2D eigenvalue weighted by molar-refractivity contribution is -0.148. The lowest BCUT2D eigenvalue weighted by atomic mass is 10.1. The van der Waals surface area contributed by atoms with Crippen LogP contribution >= 0.6 is 22.9 Å². The van der Waals surface area contributed by atoms with Gasteiger partial charge in [-0.3, -0.25) is 14.4 Å². The number of rotatable bonds is 5. The van der Waals surface area contributed by atoms with Gasteiger partial charge >= 0.3 is 0 Å². The third kappa shape index (κ3) is 4.23. The number of hydrogen-bond donors (Lipinski definition) is 2. The van der Waals surface area contributed by atoms with Gasteiger partial charge in [0, 0.05) is 22.8 Å². The summed E-state index contributed by atoms with van der Waals surface area (Å²) in [5, 5.41) is 4.04. The Morgan fingerprint density at radius 1 is 1.21 bits per heavy atom. The smallest absolute Gasteiger partial charge is 0.250 e. The lowest BCUT2D eigenvalue weighted by Gasteiger charge is -2.37. The maximum atomic E-state index is 13.0. The summed E-state index contributed by atoms with van der Waals surface area (Å²) in [4.78, 5) is 41.1. The number of amides is 3. The van der Waals surface area contributed by atoms with Crippen molar-refractivity contribution in [2.45, 2.75) is 48.0 Å². The minimum absolute atomic E-state index is 0.0455. The lowest BCUT2D eigenvalue weighted by Crippen LogP contribution is -2.60. The number of piperazine rings is 1. The highest BCUT2D eigenvalue weighted by Gasteiger charge is 2.45. The molecule has 12 heteroatoms. The summed E-state index contributed by atoms with van der Waals surface area (Å²) in [5.41, 5.74) is 0. The van der Waals surface area contributed by atoms with Crippen molar-refractivity contribution in [3.8, 4) is 0 Å². The average molecular weight is 511 g/mol. The standard InChI is InChI=1S/C21H23ClN4O5S2/c22-13-3-6-17-12(8-13)9-19(32-17)33(30,31)24-15-2-1-7-25(21(15)29)11-18(27)26-14-4-5-16(26)20(28)23-10-14/h3,6,8-9,14-16,24H,1-2,4-5,7,10-11H2,(H,23,28)/t14-,15+,16+/m1/s1. The second-order valence-corrected chi connectivity index (χ2v) is 12.1. The highest BCUT2D eigenvalue weighted by atomic mass is 35.5. The molecule has 176 valence electrons. The minimum atomic E-state index is -3.93. The SMILES string of the molecule is O=C1NC[C@H]2CC[C@@H]1N2C(=O)CN1CCC[C@H](NS(=O)(=O)c2cc3cc(Cl)ccc3s2)C1=O. The molecule has 0 radical (unpaired) electrons. The maximum Gasteiger partial charge on any atom is 0.250 e. The van der Waals surface area contributed by atoms with Gasteiger partial charge in [0.1, 0.15) is 16.3 Å². The van der Waals surface area contributed by atoms with Gasteiger partial charge in [-0.2, -0.15) is 4.72 Å². The number of carbonyl (C=O) groups is 3. The van der Waals surface area contributed by atoms with Crippen molar-refractivity contribution >= 4 is 60.8 Å². The molecule has 3 amide bonds. The number of piperidine rings is 1. The van der Waals surface area contributed by atoms with Crippen LogP contribution in [0.3, 0.4) is 0 Å². The fourth-order valence-corrected chi connectivity index (χ4v) is 7.67. The molecule has 4 heterocycles. The molecule has 3 saturated heterocycles. The fourth-order valence-electron chi connectivity index (χ4n) is 4.87. The van der Waals surface area contributed by atoms with Gasteiger partial charge in [0.25, 0.3) is 10.0 Å². The summed E-state index contributed by atoms with van der Waals surface area (Å²) in [6, 6.07) is 5.23. The first-order valence-corrected chi connectivity index (χ1v) is 13.5. The van der Waals surface area contributed by atoms with E-state index in [2.05, 4.69) is 10.0 Å². The molecule has 0 unspecified atom stereocenters. The summed E-state index contributed by atoms with van der Waals surface area (Å²) in [6.45, 7) is 0.649. The van der Waals surface area contributed by atoms with E-state index >= 15 is 0 Å². The molecule has 2 bridgehead atoms. The number of nitrogens with one attached hydrogen (secondary N) is 2. The zero-order valence-corrected chi connectivity index (χ0v) is 20.0. The monoisotopic (exact) mass is 510 g/mol. The van der Waals surface area contributed by atoms with E-state index in [9.17, 15) is 22.8 Å². The van der Waals surface area contributed by atoms with E-state index < -0.39 is 28.0 Å². The molecule has 2 aromatic rings. The fraction of sp³-hybridized carbons (Fsp3) is 0.476. The quantitative estimate of drug-likeness (QED) is 0.629. The van der Waals surface area contributed by atoms with Crippen LogP contribution in [0.5, 0.6) is 0 Å². The second-order valence-electron chi connectivity index (χ2n) is 8.62. The van der Waals surface area contributed by atoms with Crippen molar-refractivity contribution in [3.63, 3.8) is 0 Å². The molecule has 3 aliphatic heterocycles. The normalized spacial score (nSPS) is 25.5. The minimum Gasteiger partial charge on any atom is -0.352 e. The van der Waals surface area contributed by atoms with E-state index in [0.717, 1.165) is 27.8 Å². The van der Waals surface area contributed by atoms with Gasteiger partial charge in [-0.1, -0.05) is 11.6 Å². The Morgan fingerprint density at radius 3 is 2.85 bits per heavy atom. The highest BCUT2D eigenvalue weighted by molar-refractivity contribution is 7.91. The zero-order chi connectivity index (χ0) is 23.3. The van der Waals surface area contributed by atoms with E-state index in [-0.39, 0.29) is 28.6 Å². The zero-order valence-electron chi connectivity index (χ0n) is 17.6. The summed E-state index contributed by atoms with van der Waals surface area (Å²) in [5.74, 6) is -0.843. The number of carbonyl (C=O) groups excluding carboxylic acids is 3. The number of likely N-dealkylation sites (tertiary alicyclic amines) is 1. The molecule has 3 atom stereocenters. The predicted octanol–water partition coefficient (Wildman–Crippen LogP) is 1.31. The van der Waals surface area contributed by atoms with Crippen LogP contribution in [0, 0.1) is 0 Å². The molecule has 0 spiro atoms. The van der Waals surface area contributed by atoms with E-state index in [0.29, 0.717) is 37.4 Å². The van der Waals surface area contributed by atoms with Crippen molar-refractivity contribution in [2.75, 3.05) is 19.6 Å². The molecule has 33 heavy (non-hydrogen) atoms. The Morgan fingerprint density at radius 2 is 2.03 bits per heavy atom. The van der Waals surface area contributed by atoms with Gasteiger partial charge in [-0.05, 0) is 55.3 Å². The summed E-state index contributed by atoms with van der Waals surface area (Å²) < 4.78 is 29.4. The third-order valence-electron chi connectivity index (χ3n) is 6.48. The molecule has 2 N–H and O–H groups in total. The Balaban J connectivity index is 1.28.